The maximum Gasteiger partial charge on any atom is 0.225 e. The summed E-state index contributed by atoms with van der Waals surface area (Å²) in [6.07, 6.45) is 0.348. The first-order chi connectivity index (χ1) is 13.5. The summed E-state index contributed by atoms with van der Waals surface area (Å²) in [5.41, 5.74) is 2.57. The number of halogens is 1. The molecule has 28 heavy (non-hydrogen) atoms. The van der Waals surface area contributed by atoms with E-state index in [1.54, 1.807) is 12.1 Å². The smallest absolute Gasteiger partial charge is 0.225 e. The van der Waals surface area contributed by atoms with Crippen molar-refractivity contribution < 1.29 is 13.9 Å². The Morgan fingerprint density at radius 3 is 2.54 bits per heavy atom. The predicted molar refractivity (Wildman–Crippen MR) is 110 cm³/mol. The normalized spacial score (nSPS) is 15.5. The van der Waals surface area contributed by atoms with Crippen molar-refractivity contribution in [3.05, 3.63) is 59.9 Å². The highest BCUT2D eigenvalue weighted by atomic mass is 19.1. The monoisotopic (exact) mass is 385 g/mol. The van der Waals surface area contributed by atoms with Crippen LogP contribution in [0.4, 0.5) is 15.8 Å². The summed E-state index contributed by atoms with van der Waals surface area (Å²) >= 11 is 0. The molecule has 1 atom stereocenters. The van der Waals surface area contributed by atoms with Gasteiger partial charge < -0.3 is 15.0 Å². The number of benzene rings is 2. The van der Waals surface area contributed by atoms with E-state index in [9.17, 15) is 9.18 Å². The SMILES string of the molecule is CC(c1ccccc1F)N(C)CCC(=O)Nc1ccc(N2CCOCC2)cc1. The Bertz CT molecular complexity index is 776. The predicted octanol–water partition coefficient (Wildman–Crippen LogP) is 3.68. The highest BCUT2D eigenvalue weighted by Gasteiger charge is 2.16. The van der Waals surface area contributed by atoms with Gasteiger partial charge in [-0.2, -0.15) is 0 Å². The van der Waals surface area contributed by atoms with Gasteiger partial charge in [-0.25, -0.2) is 4.39 Å². The number of anilines is 2. The largest absolute Gasteiger partial charge is 0.378 e. The molecule has 0 bridgehead atoms. The first-order valence-electron chi connectivity index (χ1n) is 9.72. The number of morpholine rings is 1. The average molecular weight is 385 g/mol. The van der Waals surface area contributed by atoms with Gasteiger partial charge in [0.05, 0.1) is 13.2 Å². The Hall–Kier alpha value is -2.44. The lowest BCUT2D eigenvalue weighted by molar-refractivity contribution is -0.116. The minimum Gasteiger partial charge on any atom is -0.378 e. The van der Waals surface area contributed by atoms with Gasteiger partial charge in [0.2, 0.25) is 5.91 Å². The van der Waals surface area contributed by atoms with E-state index < -0.39 is 0 Å². The quantitative estimate of drug-likeness (QED) is 0.790. The van der Waals surface area contributed by atoms with Gasteiger partial charge >= 0.3 is 0 Å². The Kier molecular flexibility index (Phi) is 7.01. The summed E-state index contributed by atoms with van der Waals surface area (Å²) < 4.78 is 19.3. The lowest BCUT2D eigenvalue weighted by Crippen LogP contribution is -2.36. The van der Waals surface area contributed by atoms with E-state index in [4.69, 9.17) is 4.74 Å². The van der Waals surface area contributed by atoms with Crippen molar-refractivity contribution in [3.8, 4) is 0 Å². The fraction of sp³-hybridized carbons (Fsp3) is 0.409. The van der Waals surface area contributed by atoms with Crippen LogP contribution >= 0.6 is 0 Å². The zero-order chi connectivity index (χ0) is 19.9. The van der Waals surface area contributed by atoms with E-state index in [-0.39, 0.29) is 17.8 Å². The van der Waals surface area contributed by atoms with E-state index in [1.165, 1.54) is 6.07 Å². The van der Waals surface area contributed by atoms with Crippen molar-refractivity contribution in [1.82, 2.24) is 4.90 Å². The fourth-order valence-electron chi connectivity index (χ4n) is 3.32. The lowest BCUT2D eigenvalue weighted by atomic mass is 10.1. The zero-order valence-corrected chi connectivity index (χ0v) is 16.5. The van der Waals surface area contributed by atoms with E-state index in [2.05, 4.69) is 10.2 Å². The molecule has 1 aliphatic heterocycles. The number of nitrogens with one attached hydrogen (secondary N) is 1. The van der Waals surface area contributed by atoms with Gasteiger partial charge in [-0.3, -0.25) is 9.69 Å². The van der Waals surface area contributed by atoms with Crippen LogP contribution in [0.25, 0.3) is 0 Å². The average Bonchev–Trinajstić information content (AvgIpc) is 2.73. The van der Waals surface area contributed by atoms with Crippen molar-refractivity contribution in [3.63, 3.8) is 0 Å². The van der Waals surface area contributed by atoms with Crippen molar-refractivity contribution in [2.75, 3.05) is 50.1 Å². The van der Waals surface area contributed by atoms with Crippen LogP contribution in [0.2, 0.25) is 0 Å². The van der Waals surface area contributed by atoms with Gasteiger partial charge in [-0.15, -0.1) is 0 Å². The minimum atomic E-state index is -0.216. The van der Waals surface area contributed by atoms with Crippen LogP contribution < -0.4 is 10.2 Å². The minimum absolute atomic E-state index is 0.0493. The molecule has 2 aromatic carbocycles. The molecule has 1 aliphatic rings. The van der Waals surface area contributed by atoms with E-state index in [0.717, 1.165) is 37.7 Å². The maximum atomic E-state index is 13.9. The van der Waals surface area contributed by atoms with E-state index >= 15 is 0 Å². The number of amides is 1. The van der Waals surface area contributed by atoms with Crippen LogP contribution in [-0.2, 0) is 9.53 Å². The highest BCUT2D eigenvalue weighted by molar-refractivity contribution is 5.91. The summed E-state index contributed by atoms with van der Waals surface area (Å²) in [5.74, 6) is -0.265. The molecule has 1 unspecified atom stereocenters. The molecule has 5 nitrogen and oxygen atoms in total. The summed E-state index contributed by atoms with van der Waals surface area (Å²) in [6.45, 7) is 5.76. The van der Waals surface area contributed by atoms with Crippen LogP contribution in [0.15, 0.2) is 48.5 Å². The van der Waals surface area contributed by atoms with Gasteiger partial charge in [0.1, 0.15) is 5.82 Å². The van der Waals surface area contributed by atoms with Crippen LogP contribution in [0.1, 0.15) is 24.9 Å². The van der Waals surface area contributed by atoms with Crippen molar-refractivity contribution >= 4 is 17.3 Å². The molecule has 150 valence electrons. The van der Waals surface area contributed by atoms with Crippen LogP contribution in [0.5, 0.6) is 0 Å². The molecule has 0 aromatic heterocycles. The number of hydrogen-bond donors (Lipinski definition) is 1. The van der Waals surface area contributed by atoms with Crippen molar-refractivity contribution in [2.24, 2.45) is 0 Å². The van der Waals surface area contributed by atoms with Gasteiger partial charge in [-0.1, -0.05) is 18.2 Å². The number of rotatable bonds is 7. The van der Waals surface area contributed by atoms with Crippen molar-refractivity contribution in [1.29, 1.82) is 0 Å². The molecule has 1 heterocycles. The molecule has 0 aliphatic carbocycles. The third kappa shape index (κ3) is 5.30. The molecule has 0 radical (unpaired) electrons. The second kappa shape index (κ2) is 9.66. The molecule has 6 heteroatoms. The third-order valence-corrected chi connectivity index (χ3v) is 5.24. The molecule has 2 aromatic rings. The maximum absolute atomic E-state index is 13.9. The van der Waals surface area contributed by atoms with Gasteiger partial charge in [-0.05, 0) is 44.3 Å². The molecule has 1 saturated heterocycles. The molecule has 1 fully saturated rings. The summed E-state index contributed by atoms with van der Waals surface area (Å²) in [7, 11) is 1.90. The second-order valence-corrected chi connectivity index (χ2v) is 7.12. The first-order valence-corrected chi connectivity index (χ1v) is 9.72. The molecule has 3 rings (SSSR count). The third-order valence-electron chi connectivity index (χ3n) is 5.24. The molecular formula is C22H28FN3O2. The topological polar surface area (TPSA) is 44.8 Å². The van der Waals surface area contributed by atoms with Gasteiger partial charge in [0.15, 0.2) is 0 Å². The Morgan fingerprint density at radius 2 is 1.86 bits per heavy atom. The number of ether oxygens (including phenoxy) is 1. The summed E-state index contributed by atoms with van der Waals surface area (Å²) in [5, 5.41) is 2.93. The lowest BCUT2D eigenvalue weighted by Gasteiger charge is -2.29. The Labute approximate surface area is 166 Å². The van der Waals surface area contributed by atoms with Gasteiger partial charge in [0, 0.05) is 49.0 Å². The molecule has 1 amide bonds. The summed E-state index contributed by atoms with van der Waals surface area (Å²) in [6, 6.07) is 14.6. The van der Waals surface area contributed by atoms with Gasteiger partial charge in [0.25, 0.3) is 0 Å². The molecule has 1 N–H and O–H groups in total. The molecule has 0 spiro atoms. The van der Waals surface area contributed by atoms with Crippen molar-refractivity contribution in [2.45, 2.75) is 19.4 Å². The molecular weight excluding hydrogens is 357 g/mol. The van der Waals surface area contributed by atoms with Crippen LogP contribution in [-0.4, -0.2) is 50.7 Å². The highest BCUT2D eigenvalue weighted by Crippen LogP contribution is 2.22. The van der Waals surface area contributed by atoms with Crippen LogP contribution in [0, 0.1) is 5.82 Å². The summed E-state index contributed by atoms with van der Waals surface area (Å²) in [4.78, 5) is 16.5. The number of carbonyl (C=O) groups is 1. The van der Waals surface area contributed by atoms with Crippen LogP contribution in [0.3, 0.4) is 0 Å². The fourth-order valence-corrected chi connectivity index (χ4v) is 3.32. The standard InChI is InChI=1S/C22H28FN3O2/c1-17(20-5-3-4-6-21(20)23)25(2)12-11-22(27)24-18-7-9-19(10-8-18)26-13-15-28-16-14-26/h3-10,17H,11-16H2,1-2H3,(H,24,27). The molecule has 0 saturated carbocycles. The Balaban J connectivity index is 1.48. The van der Waals surface area contributed by atoms with E-state index in [1.807, 2.05) is 49.2 Å². The Morgan fingerprint density at radius 1 is 1.18 bits per heavy atom. The second-order valence-electron chi connectivity index (χ2n) is 7.12. The number of hydrogen-bond acceptors (Lipinski definition) is 4. The number of nitrogens with zero attached hydrogens (tertiary/aromatic N) is 2. The van der Waals surface area contributed by atoms with E-state index in [0.29, 0.717) is 18.5 Å². The number of carbonyl (C=O) groups excluding carboxylic acids is 1. The first kappa shape index (κ1) is 20.3. The zero-order valence-electron chi connectivity index (χ0n) is 16.5.